The summed E-state index contributed by atoms with van der Waals surface area (Å²) in [5.41, 5.74) is 0.797. The standard InChI is InChI=1S/C18H15N3O2S/c1-11-10-14-15(22)18(23)7-9-21(17(18)20-16(14)24-11)13-4-2-12(3-5-13)6-8-19/h2-5,10,23H,6-7,9H2,1H3/t18-/m0/s1. The zero-order valence-electron chi connectivity index (χ0n) is 13.1. The van der Waals surface area contributed by atoms with Crippen LogP contribution in [0.1, 0.15) is 27.2 Å². The minimum Gasteiger partial charge on any atom is -0.374 e. The van der Waals surface area contributed by atoms with Crippen LogP contribution in [0.15, 0.2) is 35.3 Å². The molecule has 120 valence electrons. The fourth-order valence-corrected chi connectivity index (χ4v) is 4.16. The first kappa shape index (κ1) is 15.1. The van der Waals surface area contributed by atoms with Crippen LogP contribution in [0.25, 0.3) is 0 Å². The number of anilines is 1. The number of nitriles is 1. The first-order valence-electron chi connectivity index (χ1n) is 7.73. The monoisotopic (exact) mass is 337 g/mol. The number of benzene rings is 1. The maximum Gasteiger partial charge on any atom is 0.205 e. The van der Waals surface area contributed by atoms with Crippen LogP contribution >= 0.6 is 11.3 Å². The molecule has 2 aliphatic heterocycles. The van der Waals surface area contributed by atoms with Gasteiger partial charge in [0.1, 0.15) is 5.00 Å². The molecule has 1 atom stereocenters. The summed E-state index contributed by atoms with van der Waals surface area (Å²) in [5.74, 6) is 0.158. The number of fused-ring (bicyclic) bond motifs is 2. The molecule has 0 saturated carbocycles. The predicted molar refractivity (Wildman–Crippen MR) is 93.2 cm³/mol. The Morgan fingerprint density at radius 3 is 2.88 bits per heavy atom. The number of hydrogen-bond donors (Lipinski definition) is 1. The first-order chi connectivity index (χ1) is 11.5. The van der Waals surface area contributed by atoms with E-state index in [0.29, 0.717) is 35.8 Å². The number of aliphatic hydroxyl groups is 1. The van der Waals surface area contributed by atoms with E-state index >= 15 is 0 Å². The van der Waals surface area contributed by atoms with E-state index in [-0.39, 0.29) is 5.78 Å². The van der Waals surface area contributed by atoms with Crippen LogP contribution in [-0.2, 0) is 6.42 Å². The SMILES string of the molecule is Cc1cc2c(s1)N=C1N(c3ccc(CC#N)cc3)CC[C@]1(O)C2=O. The molecular formula is C18H15N3O2S. The third-order valence-electron chi connectivity index (χ3n) is 4.52. The lowest BCUT2D eigenvalue weighted by atomic mass is 9.90. The number of aliphatic imine (C=N–C) groups is 1. The van der Waals surface area contributed by atoms with Crippen molar-refractivity contribution in [1.29, 1.82) is 5.26 Å². The highest BCUT2D eigenvalue weighted by atomic mass is 32.1. The van der Waals surface area contributed by atoms with Gasteiger partial charge in [-0.2, -0.15) is 5.26 Å². The molecule has 1 N–H and O–H groups in total. The lowest BCUT2D eigenvalue weighted by Crippen LogP contribution is -2.48. The van der Waals surface area contributed by atoms with Crippen molar-refractivity contribution in [3.63, 3.8) is 0 Å². The number of carbonyl (C=O) groups excluding carboxylic acids is 1. The second-order valence-electron chi connectivity index (χ2n) is 6.10. The molecule has 1 saturated heterocycles. The lowest BCUT2D eigenvalue weighted by Gasteiger charge is -2.28. The maximum atomic E-state index is 12.8. The number of nitrogens with zero attached hydrogens (tertiary/aromatic N) is 3. The lowest BCUT2D eigenvalue weighted by molar-refractivity contribution is 0.0603. The smallest absolute Gasteiger partial charge is 0.205 e. The largest absolute Gasteiger partial charge is 0.374 e. The molecule has 1 fully saturated rings. The summed E-state index contributed by atoms with van der Waals surface area (Å²) in [7, 11) is 0. The topological polar surface area (TPSA) is 76.7 Å². The highest BCUT2D eigenvalue weighted by Gasteiger charge is 2.52. The summed E-state index contributed by atoms with van der Waals surface area (Å²) in [6, 6.07) is 11.5. The highest BCUT2D eigenvalue weighted by molar-refractivity contribution is 7.16. The van der Waals surface area contributed by atoms with E-state index < -0.39 is 5.60 Å². The minimum absolute atomic E-state index is 0.254. The summed E-state index contributed by atoms with van der Waals surface area (Å²) in [6.45, 7) is 2.47. The molecule has 2 aliphatic rings. The van der Waals surface area contributed by atoms with E-state index in [9.17, 15) is 9.90 Å². The summed E-state index contributed by atoms with van der Waals surface area (Å²) >= 11 is 1.47. The van der Waals surface area contributed by atoms with Crippen LogP contribution in [0, 0.1) is 18.3 Å². The van der Waals surface area contributed by atoms with Crippen molar-refractivity contribution in [2.24, 2.45) is 4.99 Å². The van der Waals surface area contributed by atoms with Crippen LogP contribution in [0.2, 0.25) is 0 Å². The maximum absolute atomic E-state index is 12.8. The van der Waals surface area contributed by atoms with Gasteiger partial charge in [-0.3, -0.25) is 4.79 Å². The third-order valence-corrected chi connectivity index (χ3v) is 5.46. The van der Waals surface area contributed by atoms with Crippen molar-refractivity contribution in [1.82, 2.24) is 0 Å². The minimum atomic E-state index is -1.54. The van der Waals surface area contributed by atoms with E-state index in [2.05, 4.69) is 11.1 Å². The molecule has 0 amide bonds. The number of aryl methyl sites for hydroxylation is 1. The van der Waals surface area contributed by atoms with E-state index in [1.165, 1.54) is 11.3 Å². The number of carbonyl (C=O) groups is 1. The average molecular weight is 337 g/mol. The predicted octanol–water partition coefficient (Wildman–Crippen LogP) is 2.99. The molecule has 0 unspecified atom stereocenters. The highest BCUT2D eigenvalue weighted by Crippen LogP contribution is 2.43. The van der Waals surface area contributed by atoms with Gasteiger partial charge in [0.2, 0.25) is 5.78 Å². The quantitative estimate of drug-likeness (QED) is 0.914. The van der Waals surface area contributed by atoms with Crippen LogP contribution in [0.5, 0.6) is 0 Å². The van der Waals surface area contributed by atoms with Crippen molar-refractivity contribution in [3.8, 4) is 6.07 Å². The van der Waals surface area contributed by atoms with Crippen molar-refractivity contribution in [2.45, 2.75) is 25.4 Å². The number of ketones is 1. The molecule has 0 aliphatic carbocycles. The van der Waals surface area contributed by atoms with E-state index in [4.69, 9.17) is 5.26 Å². The van der Waals surface area contributed by atoms with Gasteiger partial charge in [0, 0.05) is 23.5 Å². The number of Topliss-reactive ketones (excluding diaryl/α,β-unsaturated/α-hetero) is 1. The summed E-state index contributed by atoms with van der Waals surface area (Å²) in [4.78, 5) is 20.3. The Morgan fingerprint density at radius 2 is 2.17 bits per heavy atom. The molecule has 6 heteroatoms. The van der Waals surface area contributed by atoms with Gasteiger partial charge < -0.3 is 10.0 Å². The summed E-state index contributed by atoms with van der Waals surface area (Å²) in [5, 5.41) is 20.4. The van der Waals surface area contributed by atoms with Crippen LogP contribution in [0.3, 0.4) is 0 Å². The zero-order valence-corrected chi connectivity index (χ0v) is 13.9. The second-order valence-corrected chi connectivity index (χ2v) is 7.34. The van der Waals surface area contributed by atoms with Crippen molar-refractivity contribution < 1.29 is 9.90 Å². The fraction of sp³-hybridized carbons (Fsp3) is 0.278. The number of thiophene rings is 1. The number of amidine groups is 1. The van der Waals surface area contributed by atoms with E-state index in [1.54, 1.807) is 6.07 Å². The van der Waals surface area contributed by atoms with E-state index in [0.717, 1.165) is 16.1 Å². The normalized spacial score (nSPS) is 22.0. The molecule has 24 heavy (non-hydrogen) atoms. The molecule has 2 aromatic rings. The van der Waals surface area contributed by atoms with Gasteiger partial charge in [-0.25, -0.2) is 4.99 Å². The van der Waals surface area contributed by atoms with Gasteiger partial charge >= 0.3 is 0 Å². The molecule has 1 aromatic heterocycles. The molecule has 0 bridgehead atoms. The molecule has 3 heterocycles. The Labute approximate surface area is 143 Å². The Bertz CT molecular complexity index is 907. The third kappa shape index (κ3) is 2.09. The van der Waals surface area contributed by atoms with Gasteiger partial charge in [-0.05, 0) is 30.7 Å². The van der Waals surface area contributed by atoms with Gasteiger partial charge in [0.05, 0.1) is 18.1 Å². The average Bonchev–Trinajstić information content (AvgIpc) is 3.10. The van der Waals surface area contributed by atoms with Crippen molar-refractivity contribution in [2.75, 3.05) is 11.4 Å². The Balaban J connectivity index is 1.76. The van der Waals surface area contributed by atoms with Crippen LogP contribution in [-0.4, -0.2) is 28.9 Å². The first-order valence-corrected chi connectivity index (χ1v) is 8.55. The molecule has 1 aromatic carbocycles. The molecule has 4 rings (SSSR count). The Kier molecular flexibility index (Phi) is 3.30. The molecule has 0 spiro atoms. The van der Waals surface area contributed by atoms with Gasteiger partial charge in [-0.1, -0.05) is 12.1 Å². The van der Waals surface area contributed by atoms with Crippen molar-refractivity contribution in [3.05, 3.63) is 46.3 Å². The van der Waals surface area contributed by atoms with Crippen LogP contribution in [0.4, 0.5) is 10.7 Å². The number of hydrogen-bond acceptors (Lipinski definition) is 6. The molecule has 5 nitrogen and oxygen atoms in total. The van der Waals surface area contributed by atoms with Gasteiger partial charge in [0.25, 0.3) is 0 Å². The fourth-order valence-electron chi connectivity index (χ4n) is 3.29. The zero-order chi connectivity index (χ0) is 16.9. The van der Waals surface area contributed by atoms with Gasteiger partial charge in [0.15, 0.2) is 11.4 Å². The Hall–Kier alpha value is -2.49. The molecule has 0 radical (unpaired) electrons. The summed E-state index contributed by atoms with van der Waals surface area (Å²) in [6.07, 6.45) is 0.695. The van der Waals surface area contributed by atoms with Crippen molar-refractivity contribution >= 4 is 33.6 Å². The molecular weight excluding hydrogens is 322 g/mol. The van der Waals surface area contributed by atoms with E-state index in [1.807, 2.05) is 36.1 Å². The second kappa shape index (κ2) is 5.26. The summed E-state index contributed by atoms with van der Waals surface area (Å²) < 4.78 is 0. The van der Waals surface area contributed by atoms with Crippen LogP contribution < -0.4 is 4.90 Å². The van der Waals surface area contributed by atoms with Gasteiger partial charge in [-0.15, -0.1) is 11.3 Å². The number of rotatable bonds is 2. The Morgan fingerprint density at radius 1 is 1.42 bits per heavy atom.